The molecule has 0 aliphatic heterocycles. The number of hydrazine groups is 1. The van der Waals surface area contributed by atoms with E-state index in [1.54, 1.807) is 12.1 Å². The van der Waals surface area contributed by atoms with Crippen molar-refractivity contribution in [3.8, 4) is 5.75 Å². The lowest BCUT2D eigenvalue weighted by atomic mass is 10.2. The van der Waals surface area contributed by atoms with Gasteiger partial charge in [0.1, 0.15) is 11.6 Å². The van der Waals surface area contributed by atoms with Gasteiger partial charge in [-0.05, 0) is 49.4 Å². The number of carbonyl (C=O) groups excluding carboxylic acids is 2. The van der Waals surface area contributed by atoms with Crippen LogP contribution in [0.4, 0.5) is 4.39 Å². The van der Waals surface area contributed by atoms with Crippen LogP contribution < -0.4 is 15.6 Å². The Balaban J connectivity index is 1.91. The first-order chi connectivity index (χ1) is 11.4. The molecule has 8 heteroatoms. The average molecular weight is 416 g/mol. The van der Waals surface area contributed by atoms with Gasteiger partial charge in [-0.25, -0.2) is 4.39 Å². The van der Waals surface area contributed by atoms with Crippen LogP contribution in [0.2, 0.25) is 5.02 Å². The van der Waals surface area contributed by atoms with Gasteiger partial charge in [-0.3, -0.25) is 20.4 Å². The van der Waals surface area contributed by atoms with E-state index in [-0.39, 0.29) is 10.6 Å². The SMILES string of the molecule is CC(Oc1ccc(F)cc1)C(=O)NNC(=O)c1cc(Br)ccc1Cl. The smallest absolute Gasteiger partial charge is 0.279 e. The molecule has 0 bridgehead atoms. The third-order valence-corrected chi connectivity index (χ3v) is 3.79. The molecule has 2 rings (SSSR count). The van der Waals surface area contributed by atoms with E-state index in [1.165, 1.54) is 37.3 Å². The summed E-state index contributed by atoms with van der Waals surface area (Å²) < 4.78 is 18.8. The molecule has 126 valence electrons. The van der Waals surface area contributed by atoms with Crippen molar-refractivity contribution in [2.75, 3.05) is 0 Å². The maximum Gasteiger partial charge on any atom is 0.279 e. The number of hydrogen-bond acceptors (Lipinski definition) is 3. The van der Waals surface area contributed by atoms with E-state index in [0.717, 1.165) is 0 Å². The van der Waals surface area contributed by atoms with Crippen LogP contribution in [0.25, 0.3) is 0 Å². The highest BCUT2D eigenvalue weighted by Crippen LogP contribution is 2.20. The van der Waals surface area contributed by atoms with Gasteiger partial charge in [-0.1, -0.05) is 27.5 Å². The molecule has 24 heavy (non-hydrogen) atoms. The largest absolute Gasteiger partial charge is 0.481 e. The molecule has 0 heterocycles. The van der Waals surface area contributed by atoms with E-state index in [0.29, 0.717) is 10.2 Å². The summed E-state index contributed by atoms with van der Waals surface area (Å²) in [5.74, 6) is -1.21. The first-order valence-electron chi connectivity index (χ1n) is 6.84. The van der Waals surface area contributed by atoms with Crippen LogP contribution in [0, 0.1) is 5.82 Å². The van der Waals surface area contributed by atoms with Gasteiger partial charge in [0.05, 0.1) is 10.6 Å². The van der Waals surface area contributed by atoms with Crippen molar-refractivity contribution < 1.29 is 18.7 Å². The summed E-state index contributed by atoms with van der Waals surface area (Å²) >= 11 is 9.18. The molecule has 0 aliphatic rings. The van der Waals surface area contributed by atoms with Gasteiger partial charge in [0, 0.05) is 4.47 Å². The van der Waals surface area contributed by atoms with E-state index in [1.807, 2.05) is 0 Å². The minimum Gasteiger partial charge on any atom is -0.481 e. The van der Waals surface area contributed by atoms with Crippen LogP contribution in [0.1, 0.15) is 17.3 Å². The highest BCUT2D eigenvalue weighted by Gasteiger charge is 2.17. The Morgan fingerprint density at radius 2 is 1.83 bits per heavy atom. The van der Waals surface area contributed by atoms with Crippen LogP contribution in [0.5, 0.6) is 5.75 Å². The molecule has 0 spiro atoms. The van der Waals surface area contributed by atoms with Crippen LogP contribution in [-0.4, -0.2) is 17.9 Å². The number of halogens is 3. The van der Waals surface area contributed by atoms with Gasteiger partial charge in [0.2, 0.25) is 0 Å². The molecule has 0 fully saturated rings. The third kappa shape index (κ3) is 4.94. The maximum absolute atomic E-state index is 12.8. The number of benzene rings is 2. The molecule has 0 saturated heterocycles. The Labute approximate surface area is 151 Å². The average Bonchev–Trinajstić information content (AvgIpc) is 2.56. The van der Waals surface area contributed by atoms with E-state index in [4.69, 9.17) is 16.3 Å². The number of carbonyl (C=O) groups is 2. The Bertz CT molecular complexity index is 755. The van der Waals surface area contributed by atoms with Gasteiger partial charge in [-0.2, -0.15) is 0 Å². The molecular formula is C16H13BrClFN2O3. The predicted molar refractivity (Wildman–Crippen MR) is 91.3 cm³/mol. The molecule has 0 aromatic heterocycles. The van der Waals surface area contributed by atoms with Gasteiger partial charge in [0.25, 0.3) is 11.8 Å². The van der Waals surface area contributed by atoms with E-state index in [2.05, 4.69) is 26.8 Å². The van der Waals surface area contributed by atoms with Crippen molar-refractivity contribution in [1.29, 1.82) is 0 Å². The summed E-state index contributed by atoms with van der Waals surface area (Å²) in [5.41, 5.74) is 4.71. The second-order valence-corrected chi connectivity index (χ2v) is 6.10. The van der Waals surface area contributed by atoms with Crippen LogP contribution in [0.15, 0.2) is 46.9 Å². The zero-order valence-electron chi connectivity index (χ0n) is 12.5. The third-order valence-electron chi connectivity index (χ3n) is 2.97. The van der Waals surface area contributed by atoms with Crippen LogP contribution >= 0.6 is 27.5 Å². The highest BCUT2D eigenvalue weighted by molar-refractivity contribution is 9.10. The quantitative estimate of drug-likeness (QED) is 0.752. The van der Waals surface area contributed by atoms with E-state index < -0.39 is 23.7 Å². The highest BCUT2D eigenvalue weighted by atomic mass is 79.9. The Hall–Kier alpha value is -2.12. The molecule has 0 radical (unpaired) electrons. The fraction of sp³-hybridized carbons (Fsp3) is 0.125. The number of nitrogens with one attached hydrogen (secondary N) is 2. The van der Waals surface area contributed by atoms with Gasteiger partial charge >= 0.3 is 0 Å². The summed E-state index contributed by atoms with van der Waals surface area (Å²) in [5, 5.41) is 0.251. The molecule has 1 atom stereocenters. The molecular weight excluding hydrogens is 403 g/mol. The molecule has 0 saturated carbocycles. The van der Waals surface area contributed by atoms with Crippen molar-refractivity contribution in [2.45, 2.75) is 13.0 Å². The maximum atomic E-state index is 12.8. The molecule has 0 aliphatic carbocycles. The fourth-order valence-corrected chi connectivity index (χ4v) is 2.29. The molecule has 5 nitrogen and oxygen atoms in total. The molecule has 1 unspecified atom stereocenters. The predicted octanol–water partition coefficient (Wildman–Crippen LogP) is 3.47. The monoisotopic (exact) mass is 414 g/mol. The summed E-state index contributed by atoms with van der Waals surface area (Å²) in [6.45, 7) is 1.50. The van der Waals surface area contributed by atoms with Crippen molar-refractivity contribution >= 4 is 39.3 Å². The number of ether oxygens (including phenoxy) is 1. The number of amides is 2. The zero-order valence-corrected chi connectivity index (χ0v) is 14.8. The molecule has 2 aromatic carbocycles. The lowest BCUT2D eigenvalue weighted by Gasteiger charge is -2.15. The molecule has 2 N–H and O–H groups in total. The van der Waals surface area contributed by atoms with E-state index in [9.17, 15) is 14.0 Å². The topological polar surface area (TPSA) is 67.4 Å². The lowest BCUT2D eigenvalue weighted by Crippen LogP contribution is -2.47. The van der Waals surface area contributed by atoms with Crippen molar-refractivity contribution in [3.63, 3.8) is 0 Å². The summed E-state index contributed by atoms with van der Waals surface area (Å²) in [4.78, 5) is 24.0. The lowest BCUT2D eigenvalue weighted by molar-refractivity contribution is -0.128. The summed E-state index contributed by atoms with van der Waals surface area (Å²) in [6, 6.07) is 10.0. The van der Waals surface area contributed by atoms with Gasteiger partial charge in [-0.15, -0.1) is 0 Å². The Kier molecular flexibility index (Phi) is 6.16. The van der Waals surface area contributed by atoms with Crippen LogP contribution in [0.3, 0.4) is 0 Å². The minimum absolute atomic E-state index is 0.207. The fourth-order valence-electron chi connectivity index (χ4n) is 1.73. The standard InChI is InChI=1S/C16H13BrClFN2O3/c1-9(24-12-5-3-11(19)4-6-12)15(22)20-21-16(23)13-8-10(17)2-7-14(13)18/h2-9H,1H3,(H,20,22)(H,21,23). The van der Waals surface area contributed by atoms with E-state index >= 15 is 0 Å². The van der Waals surface area contributed by atoms with Gasteiger partial charge in [0.15, 0.2) is 6.10 Å². The second-order valence-electron chi connectivity index (χ2n) is 4.78. The van der Waals surface area contributed by atoms with Crippen molar-refractivity contribution in [2.24, 2.45) is 0 Å². The summed E-state index contributed by atoms with van der Waals surface area (Å²) in [6.07, 6.45) is -0.895. The normalized spacial score (nSPS) is 11.5. The summed E-state index contributed by atoms with van der Waals surface area (Å²) in [7, 11) is 0. The first-order valence-corrected chi connectivity index (χ1v) is 8.01. The van der Waals surface area contributed by atoms with Crippen molar-refractivity contribution in [1.82, 2.24) is 10.9 Å². The first kappa shape index (κ1) is 18.2. The van der Waals surface area contributed by atoms with Crippen molar-refractivity contribution in [3.05, 3.63) is 63.3 Å². The number of hydrogen-bond donors (Lipinski definition) is 2. The number of rotatable bonds is 4. The second kappa shape index (κ2) is 8.12. The minimum atomic E-state index is -0.895. The Morgan fingerprint density at radius 1 is 1.17 bits per heavy atom. The zero-order chi connectivity index (χ0) is 17.7. The molecule has 2 aromatic rings. The molecule has 2 amide bonds. The van der Waals surface area contributed by atoms with Gasteiger partial charge < -0.3 is 4.74 Å². The Morgan fingerprint density at radius 3 is 2.50 bits per heavy atom. The van der Waals surface area contributed by atoms with Crippen LogP contribution in [-0.2, 0) is 4.79 Å².